The highest BCUT2D eigenvalue weighted by molar-refractivity contribution is 6.04. The van der Waals surface area contributed by atoms with Crippen molar-refractivity contribution < 1.29 is 31.5 Å². The van der Waals surface area contributed by atoms with Gasteiger partial charge in [-0.15, -0.1) is 0 Å². The lowest BCUT2D eigenvalue weighted by Gasteiger charge is -2.30. The summed E-state index contributed by atoms with van der Waals surface area (Å²) in [5.41, 5.74) is -1.70. The standard InChI is InChI=1S/C20H17F5N2O2/c21-15-6-4-12(18(28)26-13-5-7-16(22)17(23)11-13)10-14(15)20(24,25)19(29)27-8-2-1-3-9-27/h4-7,10-11H,1-3,8-9H2,(H,26,28). The van der Waals surface area contributed by atoms with E-state index in [1.807, 2.05) is 0 Å². The molecule has 2 amide bonds. The minimum atomic E-state index is -4.15. The lowest BCUT2D eigenvalue weighted by molar-refractivity contribution is -0.160. The molecule has 0 unspecified atom stereocenters. The monoisotopic (exact) mass is 412 g/mol. The van der Waals surface area contributed by atoms with Crippen LogP contribution in [-0.2, 0) is 10.7 Å². The number of halogens is 5. The summed E-state index contributed by atoms with van der Waals surface area (Å²) in [5.74, 6) is -10.3. The van der Waals surface area contributed by atoms with Crippen LogP contribution in [0.1, 0.15) is 35.2 Å². The van der Waals surface area contributed by atoms with Crippen molar-refractivity contribution in [2.24, 2.45) is 0 Å². The Morgan fingerprint density at radius 1 is 0.862 bits per heavy atom. The molecule has 3 rings (SSSR count). The van der Waals surface area contributed by atoms with Gasteiger partial charge in [0.05, 0.1) is 5.56 Å². The van der Waals surface area contributed by atoms with E-state index in [1.54, 1.807) is 0 Å². The molecule has 154 valence electrons. The molecule has 1 fully saturated rings. The van der Waals surface area contributed by atoms with E-state index >= 15 is 0 Å². The van der Waals surface area contributed by atoms with Crippen molar-refractivity contribution in [3.8, 4) is 0 Å². The summed E-state index contributed by atoms with van der Waals surface area (Å²) in [6.07, 6.45) is 1.99. The largest absolute Gasteiger partial charge is 0.352 e. The molecule has 1 heterocycles. The van der Waals surface area contributed by atoms with Gasteiger partial charge in [0, 0.05) is 30.4 Å². The average molecular weight is 412 g/mol. The van der Waals surface area contributed by atoms with Crippen LogP contribution in [0.4, 0.5) is 27.6 Å². The molecule has 2 aromatic carbocycles. The number of alkyl halides is 2. The van der Waals surface area contributed by atoms with Gasteiger partial charge < -0.3 is 10.2 Å². The van der Waals surface area contributed by atoms with Crippen LogP contribution in [0.2, 0.25) is 0 Å². The second-order valence-corrected chi connectivity index (χ2v) is 6.70. The fraction of sp³-hybridized carbons (Fsp3) is 0.300. The third kappa shape index (κ3) is 4.38. The zero-order valence-electron chi connectivity index (χ0n) is 15.2. The normalized spacial score (nSPS) is 14.6. The molecule has 0 radical (unpaired) electrons. The first-order valence-corrected chi connectivity index (χ1v) is 8.94. The van der Waals surface area contributed by atoms with Crippen LogP contribution in [0.15, 0.2) is 36.4 Å². The number of likely N-dealkylation sites (tertiary alicyclic amines) is 1. The Labute approximate surface area is 163 Å². The molecule has 9 heteroatoms. The third-order valence-electron chi connectivity index (χ3n) is 4.66. The van der Waals surface area contributed by atoms with Crippen LogP contribution in [0, 0.1) is 17.5 Å². The van der Waals surface area contributed by atoms with Crippen LogP contribution < -0.4 is 5.32 Å². The number of carbonyl (C=O) groups is 2. The molecule has 0 atom stereocenters. The van der Waals surface area contributed by atoms with Crippen molar-refractivity contribution >= 4 is 17.5 Å². The first-order chi connectivity index (χ1) is 13.7. The lowest BCUT2D eigenvalue weighted by Crippen LogP contribution is -2.44. The number of hydrogen-bond donors (Lipinski definition) is 1. The molecule has 0 saturated carbocycles. The molecule has 1 N–H and O–H groups in total. The Balaban J connectivity index is 1.85. The van der Waals surface area contributed by atoms with E-state index in [-0.39, 0.29) is 24.3 Å². The van der Waals surface area contributed by atoms with Gasteiger partial charge in [-0.05, 0) is 49.6 Å². The molecule has 2 aromatic rings. The molecular formula is C20H17F5N2O2. The Bertz CT molecular complexity index is 942. The van der Waals surface area contributed by atoms with Gasteiger partial charge in [-0.2, -0.15) is 8.78 Å². The summed E-state index contributed by atoms with van der Waals surface area (Å²) >= 11 is 0. The highest BCUT2D eigenvalue weighted by atomic mass is 19.3. The van der Waals surface area contributed by atoms with E-state index in [0.717, 1.165) is 29.5 Å². The maximum atomic E-state index is 14.7. The summed E-state index contributed by atoms with van der Waals surface area (Å²) in [7, 11) is 0. The van der Waals surface area contributed by atoms with E-state index in [4.69, 9.17) is 0 Å². The van der Waals surface area contributed by atoms with Gasteiger partial charge in [-0.25, -0.2) is 13.2 Å². The van der Waals surface area contributed by atoms with Gasteiger partial charge in [-0.1, -0.05) is 0 Å². The average Bonchev–Trinajstić information content (AvgIpc) is 2.71. The highest BCUT2D eigenvalue weighted by Crippen LogP contribution is 2.34. The number of nitrogens with zero attached hydrogens (tertiary/aromatic N) is 1. The molecule has 1 aliphatic rings. The minimum absolute atomic E-state index is 0.115. The van der Waals surface area contributed by atoms with E-state index in [2.05, 4.69) is 5.32 Å². The number of amides is 2. The minimum Gasteiger partial charge on any atom is -0.337 e. The molecule has 0 aromatic heterocycles. The number of benzene rings is 2. The summed E-state index contributed by atoms with van der Waals surface area (Å²) < 4.78 is 69.7. The fourth-order valence-electron chi connectivity index (χ4n) is 3.10. The van der Waals surface area contributed by atoms with Crippen LogP contribution in [-0.4, -0.2) is 29.8 Å². The van der Waals surface area contributed by atoms with Crippen molar-refractivity contribution in [1.29, 1.82) is 0 Å². The van der Waals surface area contributed by atoms with Crippen molar-refractivity contribution in [3.63, 3.8) is 0 Å². The maximum absolute atomic E-state index is 14.7. The maximum Gasteiger partial charge on any atom is 0.352 e. The molecular weight excluding hydrogens is 395 g/mol. The van der Waals surface area contributed by atoms with Gasteiger partial charge >= 0.3 is 5.92 Å². The first-order valence-electron chi connectivity index (χ1n) is 8.94. The first kappa shape index (κ1) is 20.8. The Hall–Kier alpha value is -2.97. The van der Waals surface area contributed by atoms with Crippen LogP contribution in [0.3, 0.4) is 0 Å². The number of anilines is 1. The Kier molecular flexibility index (Phi) is 5.86. The van der Waals surface area contributed by atoms with Gasteiger partial charge in [0.15, 0.2) is 11.6 Å². The van der Waals surface area contributed by atoms with Crippen LogP contribution >= 0.6 is 0 Å². The fourth-order valence-corrected chi connectivity index (χ4v) is 3.10. The van der Waals surface area contributed by atoms with E-state index in [1.165, 1.54) is 0 Å². The number of nitrogens with one attached hydrogen (secondary N) is 1. The van der Waals surface area contributed by atoms with Crippen LogP contribution in [0.25, 0.3) is 0 Å². The lowest BCUT2D eigenvalue weighted by atomic mass is 10.0. The van der Waals surface area contributed by atoms with Crippen molar-refractivity contribution in [3.05, 3.63) is 65.0 Å². The zero-order valence-corrected chi connectivity index (χ0v) is 15.2. The van der Waals surface area contributed by atoms with Gasteiger partial charge in [-0.3, -0.25) is 9.59 Å². The van der Waals surface area contributed by atoms with Gasteiger partial charge in [0.2, 0.25) is 0 Å². The van der Waals surface area contributed by atoms with Crippen molar-refractivity contribution in [2.75, 3.05) is 18.4 Å². The molecule has 0 bridgehead atoms. The molecule has 4 nitrogen and oxygen atoms in total. The third-order valence-corrected chi connectivity index (χ3v) is 4.66. The smallest absolute Gasteiger partial charge is 0.337 e. The van der Waals surface area contributed by atoms with Gasteiger partial charge in [0.1, 0.15) is 5.82 Å². The summed E-state index contributed by atoms with van der Waals surface area (Å²) in [6.45, 7) is 0.318. The number of rotatable bonds is 4. The Morgan fingerprint density at radius 3 is 2.17 bits per heavy atom. The Morgan fingerprint density at radius 2 is 1.52 bits per heavy atom. The van der Waals surface area contributed by atoms with E-state index in [9.17, 15) is 31.5 Å². The molecule has 29 heavy (non-hydrogen) atoms. The summed E-state index contributed by atoms with van der Waals surface area (Å²) in [6, 6.07) is 4.78. The zero-order chi connectivity index (χ0) is 21.2. The predicted octanol–water partition coefficient (Wildman–Crippen LogP) is 4.46. The van der Waals surface area contributed by atoms with Gasteiger partial charge in [0.25, 0.3) is 11.8 Å². The van der Waals surface area contributed by atoms with E-state index in [0.29, 0.717) is 31.0 Å². The van der Waals surface area contributed by atoms with Crippen molar-refractivity contribution in [1.82, 2.24) is 4.90 Å². The number of piperidine rings is 1. The molecule has 1 aliphatic heterocycles. The topological polar surface area (TPSA) is 49.4 Å². The second-order valence-electron chi connectivity index (χ2n) is 6.70. The highest BCUT2D eigenvalue weighted by Gasteiger charge is 2.46. The quantitative estimate of drug-likeness (QED) is 0.754. The SMILES string of the molecule is O=C(Nc1ccc(F)c(F)c1)c1ccc(F)c(C(F)(F)C(=O)N2CCCCC2)c1. The predicted molar refractivity (Wildman–Crippen MR) is 95.0 cm³/mol. The van der Waals surface area contributed by atoms with Crippen molar-refractivity contribution in [2.45, 2.75) is 25.2 Å². The number of carbonyl (C=O) groups excluding carboxylic acids is 2. The number of hydrogen-bond acceptors (Lipinski definition) is 2. The summed E-state index contributed by atoms with van der Waals surface area (Å²) in [4.78, 5) is 25.5. The van der Waals surface area contributed by atoms with E-state index < -0.39 is 40.8 Å². The molecule has 1 saturated heterocycles. The summed E-state index contributed by atoms with van der Waals surface area (Å²) in [5, 5.41) is 2.21. The molecule has 0 spiro atoms. The van der Waals surface area contributed by atoms with Crippen LogP contribution in [0.5, 0.6) is 0 Å². The molecule has 0 aliphatic carbocycles. The second kappa shape index (κ2) is 8.18.